The van der Waals surface area contributed by atoms with E-state index >= 15 is 0 Å². The fraction of sp³-hybridized carbons (Fsp3) is 0.889. The van der Waals surface area contributed by atoms with E-state index in [9.17, 15) is 31.1 Å². The van der Waals surface area contributed by atoms with Crippen molar-refractivity contribution in [3.63, 3.8) is 0 Å². The molecule has 18 heavy (non-hydrogen) atoms. The second-order valence-electron chi connectivity index (χ2n) is 4.28. The molecule has 0 saturated heterocycles. The molecule has 0 aromatic carbocycles. The van der Waals surface area contributed by atoms with E-state index in [-0.39, 0.29) is 19.0 Å². The number of carbonyl (C=O) groups excluding carboxylic acids is 1. The molecule has 0 unspecified atom stereocenters. The molecule has 0 aliphatic carbocycles. The van der Waals surface area contributed by atoms with E-state index in [4.69, 9.17) is 0 Å². The third-order valence-corrected chi connectivity index (χ3v) is 3.88. The van der Waals surface area contributed by atoms with Crippen LogP contribution >= 0.6 is 12.0 Å². The van der Waals surface area contributed by atoms with Crippen LogP contribution in [-0.4, -0.2) is 24.6 Å². The zero-order valence-electron chi connectivity index (χ0n) is 9.99. The maximum atomic E-state index is 12.8. The lowest BCUT2D eigenvalue weighted by molar-refractivity contribution is -0.360. The summed E-state index contributed by atoms with van der Waals surface area (Å²) in [4.78, 5) is 11.4. The molecule has 0 amide bonds. The van der Waals surface area contributed by atoms with Crippen molar-refractivity contribution in [2.75, 3.05) is 7.11 Å². The number of hydrogen-bond donors (Lipinski definition) is 0. The summed E-state index contributed by atoms with van der Waals surface area (Å²) in [6.07, 6.45) is -11.2. The summed E-state index contributed by atoms with van der Waals surface area (Å²) in [6.45, 7) is 1.17. The van der Waals surface area contributed by atoms with E-state index in [2.05, 4.69) is 4.18 Å². The molecule has 108 valence electrons. The average Bonchev–Trinajstić information content (AvgIpc) is 2.12. The van der Waals surface area contributed by atoms with Gasteiger partial charge in [0.2, 0.25) is 5.12 Å². The predicted molar refractivity (Wildman–Crippen MR) is 53.6 cm³/mol. The van der Waals surface area contributed by atoms with E-state index in [0.717, 1.165) is 7.11 Å². The van der Waals surface area contributed by atoms with Crippen LogP contribution in [0.4, 0.5) is 26.3 Å². The number of rotatable bonds is 3. The Labute approximate surface area is 104 Å². The summed E-state index contributed by atoms with van der Waals surface area (Å²) in [5, 5.41) is -1.35. The van der Waals surface area contributed by atoms with Crippen LogP contribution < -0.4 is 0 Å². The number of alkyl halides is 6. The van der Waals surface area contributed by atoms with Crippen LogP contribution in [0, 0.1) is 10.8 Å². The second kappa shape index (κ2) is 4.92. The van der Waals surface area contributed by atoms with Gasteiger partial charge in [-0.15, -0.1) is 0 Å². The summed E-state index contributed by atoms with van der Waals surface area (Å²) in [5.74, 6) is 0. The van der Waals surface area contributed by atoms with E-state index in [1.807, 2.05) is 0 Å². The first-order valence-corrected chi connectivity index (χ1v) is 5.36. The van der Waals surface area contributed by atoms with Crippen LogP contribution in [0.2, 0.25) is 0 Å². The molecule has 0 N–H and O–H groups in total. The highest BCUT2D eigenvalue weighted by Gasteiger charge is 2.75. The molecule has 0 saturated carbocycles. The third-order valence-electron chi connectivity index (χ3n) is 3.05. The van der Waals surface area contributed by atoms with Crippen molar-refractivity contribution in [2.24, 2.45) is 10.8 Å². The lowest BCUT2D eigenvalue weighted by Gasteiger charge is -2.44. The highest BCUT2D eigenvalue weighted by atomic mass is 32.2. The average molecular weight is 298 g/mol. The van der Waals surface area contributed by atoms with Crippen molar-refractivity contribution in [2.45, 2.75) is 33.1 Å². The summed E-state index contributed by atoms with van der Waals surface area (Å²) < 4.78 is 80.9. The Kier molecular flexibility index (Phi) is 4.80. The lowest BCUT2D eigenvalue weighted by Crippen LogP contribution is -2.59. The van der Waals surface area contributed by atoms with Gasteiger partial charge in [0, 0.05) is 0 Å². The normalized spacial score (nSPS) is 14.8. The van der Waals surface area contributed by atoms with Crippen molar-refractivity contribution >= 4 is 17.2 Å². The summed E-state index contributed by atoms with van der Waals surface area (Å²) in [7, 11) is 0.983. The maximum absolute atomic E-state index is 12.8. The SMILES string of the molecule is COSC(=O)C(C)(C)C(C)(C(F)(F)F)C(F)(F)F. The molecule has 0 radical (unpaired) electrons. The highest BCUT2D eigenvalue weighted by Crippen LogP contribution is 2.60. The standard InChI is InChI=1S/C9H12F6O2S/c1-6(2,5(16)18-17-4)7(3,8(10,11)12)9(13,14)15/h1-4H3. The topological polar surface area (TPSA) is 26.3 Å². The van der Waals surface area contributed by atoms with Crippen molar-refractivity contribution in [1.82, 2.24) is 0 Å². The minimum Gasteiger partial charge on any atom is -0.311 e. The van der Waals surface area contributed by atoms with Gasteiger partial charge in [-0.2, -0.15) is 26.3 Å². The zero-order valence-corrected chi connectivity index (χ0v) is 10.8. The smallest absolute Gasteiger partial charge is 0.311 e. The monoisotopic (exact) mass is 298 g/mol. The van der Waals surface area contributed by atoms with Gasteiger partial charge in [0.25, 0.3) is 0 Å². The van der Waals surface area contributed by atoms with Gasteiger partial charge in [0.05, 0.1) is 24.6 Å². The van der Waals surface area contributed by atoms with Gasteiger partial charge in [-0.3, -0.25) is 4.79 Å². The van der Waals surface area contributed by atoms with E-state index in [1.165, 1.54) is 0 Å². The highest BCUT2D eigenvalue weighted by molar-refractivity contribution is 8.09. The van der Waals surface area contributed by atoms with E-state index in [0.29, 0.717) is 13.8 Å². The Hall–Kier alpha value is -0.440. The van der Waals surface area contributed by atoms with Gasteiger partial charge >= 0.3 is 12.4 Å². The van der Waals surface area contributed by atoms with Crippen LogP contribution in [0.5, 0.6) is 0 Å². The van der Waals surface area contributed by atoms with Crippen molar-refractivity contribution < 1.29 is 35.3 Å². The molecule has 0 rings (SSSR count). The summed E-state index contributed by atoms with van der Waals surface area (Å²) in [6, 6.07) is 0. The molecule has 2 nitrogen and oxygen atoms in total. The Bertz CT molecular complexity index is 306. The molecular formula is C9H12F6O2S. The van der Waals surface area contributed by atoms with Gasteiger partial charge in [0.15, 0.2) is 5.41 Å². The molecule has 0 aliphatic rings. The Morgan fingerprint density at radius 1 is 0.944 bits per heavy atom. The molecule has 0 aromatic heterocycles. The third kappa shape index (κ3) is 2.61. The van der Waals surface area contributed by atoms with E-state index in [1.54, 1.807) is 0 Å². The predicted octanol–water partition coefficient (Wildman–Crippen LogP) is 3.96. The van der Waals surface area contributed by atoms with Gasteiger partial charge in [0.1, 0.15) is 0 Å². The van der Waals surface area contributed by atoms with Crippen molar-refractivity contribution in [3.8, 4) is 0 Å². The number of carbonyl (C=O) groups is 1. The Balaban J connectivity index is 5.84. The van der Waals surface area contributed by atoms with Gasteiger partial charge < -0.3 is 4.18 Å². The minimum absolute atomic E-state index is 0.0267. The first kappa shape index (κ1) is 17.6. The molecule has 0 atom stereocenters. The molecular weight excluding hydrogens is 286 g/mol. The first-order valence-electron chi connectivity index (χ1n) is 4.62. The lowest BCUT2D eigenvalue weighted by atomic mass is 9.66. The molecule has 0 spiro atoms. The molecule has 0 bridgehead atoms. The van der Waals surface area contributed by atoms with Crippen LogP contribution in [0.15, 0.2) is 0 Å². The Morgan fingerprint density at radius 3 is 1.50 bits per heavy atom. The quantitative estimate of drug-likeness (QED) is 0.582. The van der Waals surface area contributed by atoms with Crippen molar-refractivity contribution in [1.29, 1.82) is 0 Å². The van der Waals surface area contributed by atoms with Gasteiger partial charge in [-0.05, 0) is 6.92 Å². The van der Waals surface area contributed by atoms with E-state index < -0.39 is 28.3 Å². The molecule has 0 aliphatic heterocycles. The second-order valence-corrected chi connectivity index (χ2v) is 5.15. The molecule has 9 heteroatoms. The van der Waals surface area contributed by atoms with Crippen LogP contribution in [-0.2, 0) is 8.98 Å². The molecule has 0 aromatic rings. The minimum atomic E-state index is -5.61. The van der Waals surface area contributed by atoms with Crippen LogP contribution in [0.3, 0.4) is 0 Å². The fourth-order valence-corrected chi connectivity index (χ4v) is 1.82. The van der Waals surface area contributed by atoms with Crippen molar-refractivity contribution in [3.05, 3.63) is 0 Å². The number of hydrogen-bond acceptors (Lipinski definition) is 3. The number of halogens is 6. The fourth-order valence-electron chi connectivity index (χ4n) is 1.25. The van der Waals surface area contributed by atoms with Crippen LogP contribution in [0.25, 0.3) is 0 Å². The molecule has 0 fully saturated rings. The largest absolute Gasteiger partial charge is 0.403 e. The Morgan fingerprint density at radius 2 is 1.28 bits per heavy atom. The maximum Gasteiger partial charge on any atom is 0.403 e. The van der Waals surface area contributed by atoms with Gasteiger partial charge in [-0.1, -0.05) is 13.8 Å². The van der Waals surface area contributed by atoms with Crippen LogP contribution in [0.1, 0.15) is 20.8 Å². The zero-order chi connectivity index (χ0) is 15.0. The first-order chi connectivity index (χ1) is 7.73. The summed E-state index contributed by atoms with van der Waals surface area (Å²) in [5.41, 5.74) is -6.88. The molecule has 0 heterocycles. The summed E-state index contributed by atoms with van der Waals surface area (Å²) >= 11 is -0.0416. The van der Waals surface area contributed by atoms with Gasteiger partial charge in [-0.25, -0.2) is 0 Å².